The molecule has 2 N–H and O–H groups in total. The molecule has 0 saturated carbocycles. The Morgan fingerprint density at radius 1 is 1.29 bits per heavy atom. The summed E-state index contributed by atoms with van der Waals surface area (Å²) < 4.78 is 12.9. The number of hydrogen-bond acceptors (Lipinski definition) is 4. The monoisotopic (exact) mass is 250 g/mol. The summed E-state index contributed by atoms with van der Waals surface area (Å²) in [5, 5.41) is 2.48. The highest BCUT2D eigenvalue weighted by atomic mass is 32.1. The number of aromatic nitrogens is 3. The van der Waals surface area contributed by atoms with E-state index < -0.39 is 11.7 Å². The first-order valence-electron chi connectivity index (χ1n) is 4.63. The second-order valence-corrected chi connectivity index (χ2v) is 3.50. The fraction of sp³-hybridized carbons (Fsp3) is 0. The van der Waals surface area contributed by atoms with Gasteiger partial charge in [0.05, 0.1) is 0 Å². The van der Waals surface area contributed by atoms with Gasteiger partial charge in [-0.3, -0.25) is 10.1 Å². The Morgan fingerprint density at radius 3 is 2.65 bits per heavy atom. The number of carbonyl (C=O) groups excluding carboxylic acids is 1. The first-order chi connectivity index (χ1) is 8.15. The molecule has 0 fully saturated rings. The number of aromatic amines is 1. The molecule has 0 radical (unpaired) electrons. The molecule has 2 aromatic rings. The van der Waals surface area contributed by atoms with Crippen molar-refractivity contribution >= 4 is 24.1 Å². The maximum atomic E-state index is 12.7. The predicted octanol–water partition coefficient (Wildman–Crippen LogP) is 1.93. The summed E-state index contributed by atoms with van der Waals surface area (Å²) in [6.45, 7) is 0. The molecule has 0 atom stereocenters. The molecular weight excluding hydrogens is 243 g/mol. The summed E-state index contributed by atoms with van der Waals surface area (Å²) in [5.41, 5.74) is 0.323. The standard InChI is InChI=1S/C10H7FN4OS/c11-7-3-1-6(2-4-7)8(16)14-9-12-5-13-10(17)15-9/h1-5H,(H2,12,13,14,15,16,17). The second kappa shape index (κ2) is 4.79. The Kier molecular flexibility index (Phi) is 3.20. The third-order valence-corrected chi connectivity index (χ3v) is 2.13. The van der Waals surface area contributed by atoms with Crippen LogP contribution in [0.25, 0.3) is 0 Å². The molecule has 1 aromatic carbocycles. The third kappa shape index (κ3) is 2.91. The van der Waals surface area contributed by atoms with Crippen LogP contribution in [0.3, 0.4) is 0 Å². The Hall–Kier alpha value is -2.15. The SMILES string of the molecule is O=C(Nc1ncnc(=S)[nH]1)c1ccc(F)cc1. The Labute approximate surface area is 101 Å². The van der Waals surface area contributed by atoms with Crippen molar-refractivity contribution in [1.29, 1.82) is 0 Å². The van der Waals surface area contributed by atoms with Crippen LogP contribution in [-0.2, 0) is 0 Å². The Bertz CT molecular complexity index is 596. The van der Waals surface area contributed by atoms with E-state index in [2.05, 4.69) is 20.3 Å². The van der Waals surface area contributed by atoms with Crippen LogP contribution in [0.15, 0.2) is 30.6 Å². The fourth-order valence-corrected chi connectivity index (χ4v) is 1.29. The van der Waals surface area contributed by atoms with Gasteiger partial charge in [0, 0.05) is 5.56 Å². The lowest BCUT2D eigenvalue weighted by Crippen LogP contribution is -2.14. The zero-order chi connectivity index (χ0) is 12.3. The van der Waals surface area contributed by atoms with Crippen molar-refractivity contribution in [3.63, 3.8) is 0 Å². The van der Waals surface area contributed by atoms with Gasteiger partial charge in [-0.15, -0.1) is 0 Å². The first kappa shape index (κ1) is 11.3. The summed E-state index contributed by atoms with van der Waals surface area (Å²) >= 11 is 4.78. The normalized spacial score (nSPS) is 9.94. The average Bonchev–Trinajstić information content (AvgIpc) is 2.29. The van der Waals surface area contributed by atoms with Crippen molar-refractivity contribution in [2.24, 2.45) is 0 Å². The van der Waals surface area contributed by atoms with E-state index in [1.807, 2.05) is 0 Å². The van der Waals surface area contributed by atoms with Crippen molar-refractivity contribution < 1.29 is 9.18 Å². The van der Waals surface area contributed by atoms with E-state index in [4.69, 9.17) is 12.2 Å². The van der Waals surface area contributed by atoms with E-state index in [1.165, 1.54) is 30.6 Å². The smallest absolute Gasteiger partial charge is 0.257 e. The van der Waals surface area contributed by atoms with E-state index in [9.17, 15) is 9.18 Å². The highest BCUT2D eigenvalue weighted by Gasteiger charge is 2.06. The molecule has 0 aliphatic carbocycles. The zero-order valence-electron chi connectivity index (χ0n) is 8.48. The number of carbonyl (C=O) groups is 1. The topological polar surface area (TPSA) is 70.7 Å². The fourth-order valence-electron chi connectivity index (χ4n) is 1.15. The van der Waals surface area contributed by atoms with Crippen molar-refractivity contribution in [1.82, 2.24) is 15.0 Å². The van der Waals surface area contributed by atoms with Crippen LogP contribution in [0.5, 0.6) is 0 Å². The number of benzene rings is 1. The lowest BCUT2D eigenvalue weighted by molar-refractivity contribution is 0.102. The Morgan fingerprint density at radius 2 is 2.00 bits per heavy atom. The van der Waals surface area contributed by atoms with E-state index in [-0.39, 0.29) is 10.7 Å². The van der Waals surface area contributed by atoms with Crippen LogP contribution in [0, 0.1) is 10.6 Å². The molecule has 0 unspecified atom stereocenters. The largest absolute Gasteiger partial charge is 0.301 e. The van der Waals surface area contributed by atoms with Crippen molar-refractivity contribution in [2.75, 3.05) is 5.32 Å². The molecular formula is C10H7FN4OS. The molecule has 86 valence electrons. The number of hydrogen-bond donors (Lipinski definition) is 2. The highest BCUT2D eigenvalue weighted by Crippen LogP contribution is 2.05. The molecule has 0 spiro atoms. The quantitative estimate of drug-likeness (QED) is 0.799. The molecule has 0 saturated heterocycles. The van der Waals surface area contributed by atoms with Gasteiger partial charge in [0.15, 0.2) is 0 Å². The molecule has 7 heteroatoms. The lowest BCUT2D eigenvalue weighted by Gasteiger charge is -2.03. The first-order valence-corrected chi connectivity index (χ1v) is 5.04. The van der Waals surface area contributed by atoms with Crippen LogP contribution >= 0.6 is 12.2 Å². The van der Waals surface area contributed by atoms with Crippen molar-refractivity contribution in [2.45, 2.75) is 0 Å². The summed E-state index contributed by atoms with van der Waals surface area (Å²) in [4.78, 5) is 21.8. The molecule has 1 heterocycles. The predicted molar refractivity (Wildman–Crippen MR) is 61.6 cm³/mol. The van der Waals surface area contributed by atoms with Gasteiger partial charge in [0.2, 0.25) is 10.7 Å². The average molecular weight is 250 g/mol. The molecule has 0 aliphatic heterocycles. The van der Waals surface area contributed by atoms with Crippen molar-refractivity contribution in [3.8, 4) is 0 Å². The van der Waals surface area contributed by atoms with Gasteiger partial charge in [-0.05, 0) is 36.5 Å². The van der Waals surface area contributed by atoms with Crippen LogP contribution < -0.4 is 5.32 Å². The van der Waals surface area contributed by atoms with Crippen molar-refractivity contribution in [3.05, 3.63) is 46.7 Å². The Balaban J connectivity index is 2.17. The number of halogens is 1. The molecule has 2 rings (SSSR count). The van der Waals surface area contributed by atoms with Crippen LogP contribution in [-0.4, -0.2) is 20.9 Å². The van der Waals surface area contributed by atoms with E-state index in [1.54, 1.807) is 0 Å². The van der Waals surface area contributed by atoms with Gasteiger partial charge < -0.3 is 4.98 Å². The van der Waals surface area contributed by atoms with Gasteiger partial charge in [-0.2, -0.15) is 0 Å². The zero-order valence-corrected chi connectivity index (χ0v) is 9.29. The highest BCUT2D eigenvalue weighted by molar-refractivity contribution is 7.71. The number of nitrogens with one attached hydrogen (secondary N) is 2. The minimum absolute atomic E-state index is 0.194. The van der Waals surface area contributed by atoms with E-state index >= 15 is 0 Å². The molecule has 0 aliphatic rings. The summed E-state index contributed by atoms with van der Waals surface area (Å²) in [6.07, 6.45) is 1.24. The van der Waals surface area contributed by atoms with Gasteiger partial charge in [-0.25, -0.2) is 14.4 Å². The number of amides is 1. The molecule has 1 amide bonds. The van der Waals surface area contributed by atoms with Gasteiger partial charge >= 0.3 is 0 Å². The third-order valence-electron chi connectivity index (χ3n) is 1.93. The summed E-state index contributed by atoms with van der Waals surface area (Å²) in [6, 6.07) is 5.16. The number of nitrogens with zero attached hydrogens (tertiary/aromatic N) is 2. The van der Waals surface area contributed by atoms with E-state index in [0.29, 0.717) is 5.56 Å². The molecule has 1 aromatic heterocycles. The van der Waals surface area contributed by atoms with Crippen LogP contribution in [0.1, 0.15) is 10.4 Å². The molecule has 0 bridgehead atoms. The molecule has 17 heavy (non-hydrogen) atoms. The maximum absolute atomic E-state index is 12.7. The summed E-state index contributed by atoms with van der Waals surface area (Å²) in [5.74, 6) is -0.614. The number of rotatable bonds is 2. The maximum Gasteiger partial charge on any atom is 0.257 e. The van der Waals surface area contributed by atoms with Gasteiger partial charge in [0.1, 0.15) is 12.1 Å². The van der Waals surface area contributed by atoms with Crippen LogP contribution in [0.2, 0.25) is 0 Å². The van der Waals surface area contributed by atoms with Gasteiger partial charge in [0.25, 0.3) is 5.91 Å². The minimum atomic E-state index is -0.408. The van der Waals surface area contributed by atoms with Crippen LogP contribution in [0.4, 0.5) is 10.3 Å². The van der Waals surface area contributed by atoms with E-state index in [0.717, 1.165) is 0 Å². The summed E-state index contributed by atoms with van der Waals surface area (Å²) in [7, 11) is 0. The number of anilines is 1. The van der Waals surface area contributed by atoms with Gasteiger partial charge in [-0.1, -0.05) is 0 Å². The number of H-pyrrole nitrogens is 1. The second-order valence-electron chi connectivity index (χ2n) is 3.11. The lowest BCUT2D eigenvalue weighted by atomic mass is 10.2. The minimum Gasteiger partial charge on any atom is -0.301 e. The molecule has 5 nitrogen and oxygen atoms in total.